The van der Waals surface area contributed by atoms with Gasteiger partial charge in [-0.05, 0) is 35.7 Å². The third-order valence-electron chi connectivity index (χ3n) is 4.83. The largest absolute Gasteiger partial charge is 0.505 e. The van der Waals surface area contributed by atoms with Gasteiger partial charge in [-0.1, -0.05) is 19.1 Å². The van der Waals surface area contributed by atoms with E-state index in [4.69, 9.17) is 4.42 Å². The Labute approximate surface area is 162 Å². The van der Waals surface area contributed by atoms with Gasteiger partial charge < -0.3 is 14.6 Å². The Morgan fingerprint density at radius 2 is 1.79 bits per heavy atom. The first kappa shape index (κ1) is 18.6. The van der Waals surface area contributed by atoms with Crippen LogP contribution in [0.1, 0.15) is 22.8 Å². The number of phenols is 1. The fourth-order valence-corrected chi connectivity index (χ4v) is 3.40. The summed E-state index contributed by atoms with van der Waals surface area (Å²) < 4.78 is 33.8. The summed E-state index contributed by atoms with van der Waals surface area (Å²) in [5, 5.41) is 19.6. The number of halogens is 2. The SMILES string of the molecule is CCc1ccc(-c2c3cc(F)c(=O)cc-3oc3cc(O)c(F)cc23)c(C(=O)O)c1. The molecule has 0 saturated carbocycles. The van der Waals surface area contributed by atoms with Crippen molar-refractivity contribution in [3.05, 3.63) is 75.4 Å². The highest BCUT2D eigenvalue weighted by Crippen LogP contribution is 2.43. The van der Waals surface area contributed by atoms with Gasteiger partial charge in [0.1, 0.15) is 11.3 Å². The number of carboxylic acid groups (broad SMARTS) is 1. The summed E-state index contributed by atoms with van der Waals surface area (Å²) in [6.45, 7) is 1.87. The summed E-state index contributed by atoms with van der Waals surface area (Å²) in [5.74, 6) is -3.89. The van der Waals surface area contributed by atoms with Crippen LogP contribution >= 0.6 is 0 Å². The molecule has 2 N–H and O–H groups in total. The maximum Gasteiger partial charge on any atom is 0.336 e. The fourth-order valence-electron chi connectivity index (χ4n) is 3.40. The summed E-state index contributed by atoms with van der Waals surface area (Å²) >= 11 is 0. The van der Waals surface area contributed by atoms with Gasteiger partial charge in [0.25, 0.3) is 0 Å². The number of hydrogen-bond acceptors (Lipinski definition) is 4. The van der Waals surface area contributed by atoms with E-state index in [2.05, 4.69) is 0 Å². The number of fused-ring (bicyclic) bond motifs is 2. The molecule has 2 aromatic carbocycles. The molecular weight excluding hydrogens is 382 g/mol. The first-order chi connectivity index (χ1) is 13.8. The molecule has 7 heteroatoms. The van der Waals surface area contributed by atoms with Gasteiger partial charge in [-0.3, -0.25) is 4.79 Å². The molecule has 0 spiro atoms. The van der Waals surface area contributed by atoms with Crippen LogP contribution in [0.5, 0.6) is 5.75 Å². The Kier molecular flexibility index (Phi) is 4.30. The van der Waals surface area contributed by atoms with Crippen molar-refractivity contribution in [1.82, 2.24) is 0 Å². The molecule has 4 rings (SSSR count). The van der Waals surface area contributed by atoms with Crippen LogP contribution in [0.4, 0.5) is 8.78 Å². The molecule has 1 heterocycles. The minimum Gasteiger partial charge on any atom is -0.505 e. The normalized spacial score (nSPS) is 11.3. The van der Waals surface area contributed by atoms with E-state index in [0.29, 0.717) is 6.42 Å². The summed E-state index contributed by atoms with van der Waals surface area (Å²) in [4.78, 5) is 23.7. The first-order valence-corrected chi connectivity index (χ1v) is 8.75. The van der Waals surface area contributed by atoms with E-state index >= 15 is 0 Å². The summed E-state index contributed by atoms with van der Waals surface area (Å²) in [7, 11) is 0. The Morgan fingerprint density at radius 1 is 1.03 bits per heavy atom. The quantitative estimate of drug-likeness (QED) is 0.485. The number of aromatic hydroxyl groups is 1. The van der Waals surface area contributed by atoms with Crippen molar-refractivity contribution in [1.29, 1.82) is 0 Å². The second-order valence-corrected chi connectivity index (χ2v) is 6.59. The molecule has 0 fully saturated rings. The number of phenolic OH excluding ortho intramolecular Hbond substituents is 1. The average Bonchev–Trinajstić information content (AvgIpc) is 2.68. The molecule has 0 unspecified atom stereocenters. The molecule has 1 aliphatic heterocycles. The van der Waals surface area contributed by atoms with Crippen molar-refractivity contribution < 1.29 is 28.2 Å². The number of aromatic carboxylic acids is 1. The van der Waals surface area contributed by atoms with Crippen LogP contribution in [0.3, 0.4) is 0 Å². The number of rotatable bonds is 3. The van der Waals surface area contributed by atoms with Gasteiger partial charge in [-0.2, -0.15) is 0 Å². The summed E-state index contributed by atoms with van der Waals surface area (Å²) in [5.41, 5.74) is 0.357. The van der Waals surface area contributed by atoms with Crippen LogP contribution in [0, 0.1) is 11.6 Å². The van der Waals surface area contributed by atoms with Crippen molar-refractivity contribution in [3.63, 3.8) is 0 Å². The van der Waals surface area contributed by atoms with E-state index in [0.717, 1.165) is 29.8 Å². The maximum absolute atomic E-state index is 14.1. The maximum atomic E-state index is 14.1. The van der Waals surface area contributed by atoms with E-state index in [1.807, 2.05) is 6.92 Å². The molecule has 2 aromatic rings. The Hall–Kier alpha value is -3.74. The monoisotopic (exact) mass is 396 g/mol. The highest BCUT2D eigenvalue weighted by atomic mass is 19.1. The zero-order valence-electron chi connectivity index (χ0n) is 15.1. The minimum atomic E-state index is -1.21. The van der Waals surface area contributed by atoms with Crippen LogP contribution in [0.2, 0.25) is 0 Å². The van der Waals surface area contributed by atoms with Crippen molar-refractivity contribution in [2.24, 2.45) is 0 Å². The molecule has 0 aromatic heterocycles. The number of hydrogen-bond donors (Lipinski definition) is 2. The molecule has 0 radical (unpaired) electrons. The number of aryl methyl sites for hydroxylation is 1. The van der Waals surface area contributed by atoms with Gasteiger partial charge in [-0.25, -0.2) is 13.6 Å². The molecule has 0 bridgehead atoms. The molecule has 0 amide bonds. The second-order valence-electron chi connectivity index (χ2n) is 6.59. The zero-order chi connectivity index (χ0) is 20.9. The van der Waals surface area contributed by atoms with Gasteiger partial charge in [0.05, 0.1) is 5.56 Å². The molecule has 2 aliphatic rings. The third kappa shape index (κ3) is 3.00. The lowest BCUT2D eigenvalue weighted by atomic mass is 9.89. The van der Waals surface area contributed by atoms with Gasteiger partial charge in [0.2, 0.25) is 5.43 Å². The van der Waals surface area contributed by atoms with E-state index in [1.54, 1.807) is 12.1 Å². The third-order valence-corrected chi connectivity index (χ3v) is 4.83. The molecule has 146 valence electrons. The lowest BCUT2D eigenvalue weighted by molar-refractivity contribution is 0.0697. The standard InChI is InChI=1S/C22H14F2O5/c1-2-10-3-4-11(12(5-10)22(27)28)21-13-6-15(23)17(25)8-19(13)29-20-9-18(26)16(24)7-14(20)21/h3-9,25H,2H2,1H3,(H,27,28). The molecule has 0 atom stereocenters. The van der Waals surface area contributed by atoms with Gasteiger partial charge in [0.15, 0.2) is 17.4 Å². The predicted octanol–water partition coefficient (Wildman–Crippen LogP) is 4.81. The van der Waals surface area contributed by atoms with Crippen molar-refractivity contribution in [2.75, 3.05) is 0 Å². The van der Waals surface area contributed by atoms with Crippen LogP contribution in [0.15, 0.2) is 51.7 Å². The van der Waals surface area contributed by atoms with E-state index in [1.165, 1.54) is 6.07 Å². The summed E-state index contributed by atoms with van der Waals surface area (Å²) in [6.07, 6.45) is 0.600. The van der Waals surface area contributed by atoms with Gasteiger partial charge in [-0.15, -0.1) is 0 Å². The Bertz CT molecular complexity index is 1320. The Morgan fingerprint density at radius 3 is 2.48 bits per heavy atom. The van der Waals surface area contributed by atoms with E-state index in [9.17, 15) is 28.6 Å². The first-order valence-electron chi connectivity index (χ1n) is 8.75. The zero-order valence-corrected chi connectivity index (χ0v) is 15.1. The predicted molar refractivity (Wildman–Crippen MR) is 102 cm³/mol. The number of carboxylic acids is 1. The topological polar surface area (TPSA) is 87.7 Å². The van der Waals surface area contributed by atoms with Crippen LogP contribution in [-0.2, 0) is 6.42 Å². The van der Waals surface area contributed by atoms with E-state index in [-0.39, 0.29) is 39.0 Å². The molecule has 5 nitrogen and oxygen atoms in total. The lowest BCUT2D eigenvalue weighted by Crippen LogP contribution is -2.08. The Balaban J connectivity index is 2.23. The summed E-state index contributed by atoms with van der Waals surface area (Å²) in [6, 6.07) is 8.68. The molecule has 0 saturated heterocycles. The van der Waals surface area contributed by atoms with Crippen LogP contribution in [0.25, 0.3) is 33.4 Å². The van der Waals surface area contributed by atoms with Crippen molar-refractivity contribution in [2.45, 2.75) is 13.3 Å². The van der Waals surface area contributed by atoms with Crippen LogP contribution < -0.4 is 5.43 Å². The number of carbonyl (C=O) groups is 1. The highest BCUT2D eigenvalue weighted by Gasteiger charge is 2.24. The van der Waals surface area contributed by atoms with Crippen molar-refractivity contribution >= 4 is 16.9 Å². The van der Waals surface area contributed by atoms with Crippen molar-refractivity contribution in [3.8, 4) is 28.2 Å². The average molecular weight is 396 g/mol. The smallest absolute Gasteiger partial charge is 0.336 e. The fraction of sp³-hybridized carbons (Fsp3) is 0.0909. The van der Waals surface area contributed by atoms with Crippen LogP contribution in [-0.4, -0.2) is 16.2 Å². The lowest BCUT2D eigenvalue weighted by Gasteiger charge is -2.17. The molecular formula is C22H14F2O5. The number of benzene rings is 3. The van der Waals surface area contributed by atoms with E-state index < -0.39 is 28.8 Å². The molecule has 29 heavy (non-hydrogen) atoms. The molecule has 1 aliphatic carbocycles. The minimum absolute atomic E-state index is 0.0131. The second kappa shape index (κ2) is 6.70. The highest BCUT2D eigenvalue weighted by molar-refractivity contribution is 6.07. The van der Waals surface area contributed by atoms with Gasteiger partial charge >= 0.3 is 5.97 Å². The van der Waals surface area contributed by atoms with Gasteiger partial charge in [0, 0.05) is 28.6 Å².